The van der Waals surface area contributed by atoms with Crippen LogP contribution in [0, 0.1) is 5.92 Å². The Morgan fingerprint density at radius 1 is 0.865 bits per heavy atom. The highest BCUT2D eigenvalue weighted by Gasteiger charge is 2.70. The van der Waals surface area contributed by atoms with Crippen molar-refractivity contribution in [1.82, 2.24) is 4.90 Å². The lowest BCUT2D eigenvalue weighted by atomic mass is 9.69. The topological polar surface area (TPSA) is 67.9 Å². The maximum absolute atomic E-state index is 14.8. The van der Waals surface area contributed by atoms with Crippen LogP contribution in [0.15, 0.2) is 72.8 Å². The summed E-state index contributed by atoms with van der Waals surface area (Å²) in [5, 5.41) is 3.14. The van der Waals surface area contributed by atoms with Gasteiger partial charge in [0.1, 0.15) is 17.0 Å². The molecule has 37 heavy (non-hydrogen) atoms. The van der Waals surface area contributed by atoms with Gasteiger partial charge in [0.15, 0.2) is 5.78 Å². The number of nitrogens with zero attached hydrogens (tertiary/aromatic N) is 1. The first kappa shape index (κ1) is 22.9. The number of anilines is 1. The molecule has 1 unspecified atom stereocenters. The molecule has 3 aromatic rings. The lowest BCUT2D eigenvalue weighted by Gasteiger charge is -2.36. The Kier molecular flexibility index (Phi) is 5.52. The SMILES string of the molecule is O=C1c2ccccc2OCCCCOc2ccccc2[C@@H]2C3CSCN3[C@]3(C(=O)Nc4ccccc43)[C@@H]12. The van der Waals surface area contributed by atoms with Crippen LogP contribution in [0.3, 0.4) is 0 Å². The normalized spacial score (nSPS) is 28.8. The molecule has 7 rings (SSSR count). The molecule has 0 aliphatic carbocycles. The van der Waals surface area contributed by atoms with E-state index in [4.69, 9.17) is 9.47 Å². The van der Waals surface area contributed by atoms with Gasteiger partial charge >= 0.3 is 0 Å². The van der Waals surface area contributed by atoms with Crippen LogP contribution in [0.5, 0.6) is 11.5 Å². The van der Waals surface area contributed by atoms with Gasteiger partial charge in [0.05, 0.1) is 24.7 Å². The fraction of sp³-hybridized carbons (Fsp3) is 0.333. The van der Waals surface area contributed by atoms with Crippen molar-refractivity contribution in [2.45, 2.75) is 30.3 Å². The maximum atomic E-state index is 14.8. The highest BCUT2D eigenvalue weighted by molar-refractivity contribution is 7.99. The number of rotatable bonds is 0. The van der Waals surface area contributed by atoms with Gasteiger partial charge in [0, 0.05) is 34.8 Å². The van der Waals surface area contributed by atoms with Crippen molar-refractivity contribution in [3.63, 3.8) is 0 Å². The van der Waals surface area contributed by atoms with Crippen molar-refractivity contribution < 1.29 is 19.1 Å². The number of ketones is 1. The smallest absolute Gasteiger partial charge is 0.250 e. The third kappa shape index (κ3) is 3.30. The Morgan fingerprint density at radius 3 is 2.43 bits per heavy atom. The van der Waals surface area contributed by atoms with Crippen LogP contribution in [0.25, 0.3) is 0 Å². The molecular formula is C30H28N2O4S. The van der Waals surface area contributed by atoms with Crippen molar-refractivity contribution >= 4 is 29.1 Å². The van der Waals surface area contributed by atoms with Gasteiger partial charge in [0.2, 0.25) is 5.91 Å². The first-order chi connectivity index (χ1) is 18.2. The molecule has 7 heteroatoms. The molecule has 4 heterocycles. The Labute approximate surface area is 220 Å². The fourth-order valence-electron chi connectivity index (χ4n) is 6.80. The van der Waals surface area contributed by atoms with Crippen LogP contribution < -0.4 is 14.8 Å². The van der Waals surface area contributed by atoms with E-state index in [1.807, 2.05) is 78.5 Å². The second kappa shape index (κ2) is 8.92. The number of nitrogens with one attached hydrogen (secondary N) is 1. The summed E-state index contributed by atoms with van der Waals surface area (Å²) < 4.78 is 12.5. The number of Topliss-reactive ketones (excluding diaryl/α,β-unsaturated/α-hetero) is 1. The number of fused-ring (bicyclic) bond motifs is 10. The van der Waals surface area contributed by atoms with Gasteiger partial charge in [-0.3, -0.25) is 14.5 Å². The lowest BCUT2D eigenvalue weighted by molar-refractivity contribution is -0.127. The quantitative estimate of drug-likeness (QED) is 0.454. The first-order valence-corrected chi connectivity index (χ1v) is 14.1. The van der Waals surface area contributed by atoms with E-state index in [0.717, 1.165) is 41.2 Å². The zero-order chi connectivity index (χ0) is 25.0. The number of benzene rings is 3. The summed E-state index contributed by atoms with van der Waals surface area (Å²) in [6.45, 7) is 1.08. The Hall–Kier alpha value is -3.29. The van der Waals surface area contributed by atoms with Gasteiger partial charge in [-0.2, -0.15) is 0 Å². The lowest BCUT2D eigenvalue weighted by Crippen LogP contribution is -2.52. The molecule has 6 nitrogen and oxygen atoms in total. The number of carbonyl (C=O) groups excluding carboxylic acids is 2. The molecule has 188 valence electrons. The number of amides is 1. The molecule has 1 N–H and O–H groups in total. The Bertz CT molecular complexity index is 1390. The number of para-hydroxylation sites is 3. The zero-order valence-electron chi connectivity index (χ0n) is 20.4. The predicted octanol–water partition coefficient (Wildman–Crippen LogP) is 5.06. The molecule has 2 fully saturated rings. The number of hydrogen-bond donors (Lipinski definition) is 1. The van der Waals surface area contributed by atoms with Crippen molar-refractivity contribution in [2.75, 3.05) is 30.2 Å². The summed E-state index contributed by atoms with van der Waals surface area (Å²) in [6, 6.07) is 23.4. The molecule has 4 atom stereocenters. The molecule has 0 aromatic heterocycles. The average molecular weight is 513 g/mol. The van der Waals surface area contributed by atoms with E-state index >= 15 is 0 Å². The van der Waals surface area contributed by atoms with E-state index in [2.05, 4.69) is 16.3 Å². The molecule has 0 saturated carbocycles. The van der Waals surface area contributed by atoms with E-state index in [9.17, 15) is 9.59 Å². The Balaban J connectivity index is 1.51. The molecule has 0 bridgehead atoms. The van der Waals surface area contributed by atoms with Crippen LogP contribution in [-0.2, 0) is 10.3 Å². The molecule has 2 saturated heterocycles. The second-order valence-corrected chi connectivity index (χ2v) is 11.1. The van der Waals surface area contributed by atoms with E-state index < -0.39 is 11.5 Å². The number of ether oxygens (including phenoxy) is 2. The first-order valence-electron chi connectivity index (χ1n) is 12.9. The van der Waals surface area contributed by atoms with Crippen molar-refractivity contribution in [2.24, 2.45) is 5.92 Å². The van der Waals surface area contributed by atoms with Crippen LogP contribution in [0.1, 0.15) is 40.2 Å². The number of carbonyl (C=O) groups is 2. The van der Waals surface area contributed by atoms with E-state index in [1.165, 1.54) is 0 Å². The summed E-state index contributed by atoms with van der Waals surface area (Å²) in [5.41, 5.74) is 2.11. The largest absolute Gasteiger partial charge is 0.493 e. The van der Waals surface area contributed by atoms with E-state index in [0.29, 0.717) is 30.4 Å². The van der Waals surface area contributed by atoms with Gasteiger partial charge < -0.3 is 14.8 Å². The van der Waals surface area contributed by atoms with Crippen molar-refractivity contribution in [3.8, 4) is 11.5 Å². The van der Waals surface area contributed by atoms with Crippen LogP contribution in [0.2, 0.25) is 0 Å². The maximum Gasteiger partial charge on any atom is 0.250 e. The second-order valence-electron chi connectivity index (χ2n) is 10.1. The summed E-state index contributed by atoms with van der Waals surface area (Å²) >= 11 is 1.82. The minimum Gasteiger partial charge on any atom is -0.493 e. The van der Waals surface area contributed by atoms with E-state index in [-0.39, 0.29) is 23.7 Å². The zero-order valence-corrected chi connectivity index (χ0v) is 21.2. The van der Waals surface area contributed by atoms with Crippen LogP contribution in [0.4, 0.5) is 5.69 Å². The van der Waals surface area contributed by atoms with Crippen molar-refractivity contribution in [3.05, 3.63) is 89.5 Å². The summed E-state index contributed by atoms with van der Waals surface area (Å²) in [4.78, 5) is 31.3. The summed E-state index contributed by atoms with van der Waals surface area (Å²) in [7, 11) is 0. The molecule has 3 aromatic carbocycles. The predicted molar refractivity (Wildman–Crippen MR) is 143 cm³/mol. The fourth-order valence-corrected chi connectivity index (χ4v) is 8.12. The minimum atomic E-state index is -1.10. The number of hydrogen-bond acceptors (Lipinski definition) is 6. The third-order valence-corrected chi connectivity index (χ3v) is 9.33. The third-order valence-electron chi connectivity index (χ3n) is 8.30. The molecular weight excluding hydrogens is 484 g/mol. The van der Waals surface area contributed by atoms with Gasteiger partial charge in [-0.1, -0.05) is 48.5 Å². The van der Waals surface area contributed by atoms with Gasteiger partial charge in [-0.15, -0.1) is 11.8 Å². The summed E-state index contributed by atoms with van der Waals surface area (Å²) in [6.07, 6.45) is 1.67. The number of thioether (sulfide) groups is 1. The molecule has 1 spiro atoms. The summed E-state index contributed by atoms with van der Waals surface area (Å²) in [5.74, 6) is 1.89. The molecule has 1 amide bonds. The monoisotopic (exact) mass is 512 g/mol. The van der Waals surface area contributed by atoms with Crippen LogP contribution >= 0.6 is 11.8 Å². The molecule has 4 aliphatic rings. The average Bonchev–Trinajstić information content (AvgIpc) is 3.59. The Morgan fingerprint density at radius 2 is 1.57 bits per heavy atom. The van der Waals surface area contributed by atoms with Gasteiger partial charge in [0.25, 0.3) is 0 Å². The molecule has 4 aliphatic heterocycles. The highest BCUT2D eigenvalue weighted by atomic mass is 32.2. The van der Waals surface area contributed by atoms with Crippen molar-refractivity contribution in [1.29, 1.82) is 0 Å². The standard InChI is InChI=1S/C30H28N2O4S/c33-28-20-10-2-6-14-25(20)36-16-8-7-15-35-24-13-5-1-9-19(24)26-23-17-37-18-32(23)30(27(26)28)21-11-3-4-12-22(21)31-29(30)34/h1-6,9-14,23,26-27H,7-8,15-18H2,(H,31,34)/t23?,26-,27-,30+/m1/s1. The van der Waals surface area contributed by atoms with Gasteiger partial charge in [-0.05, 0) is 42.7 Å². The highest BCUT2D eigenvalue weighted by Crippen LogP contribution is 2.62. The van der Waals surface area contributed by atoms with Gasteiger partial charge in [-0.25, -0.2) is 0 Å². The minimum absolute atomic E-state index is 0.0128. The van der Waals surface area contributed by atoms with E-state index in [1.54, 1.807) is 0 Å². The van der Waals surface area contributed by atoms with Crippen LogP contribution in [-0.4, -0.2) is 47.5 Å². The molecule has 0 radical (unpaired) electrons.